The number of rotatable bonds is 5. The standard InChI is InChI=1S/C12H19N3OS/c1-3-10-11(13-2)14-8-15-12(10)17-7-9-5-4-6-16-9/h8-9H,3-7H2,1-2H3,(H,13,14,15). The second-order valence-electron chi connectivity index (χ2n) is 4.06. The summed E-state index contributed by atoms with van der Waals surface area (Å²) in [7, 11) is 1.90. The van der Waals surface area contributed by atoms with E-state index in [-0.39, 0.29) is 0 Å². The van der Waals surface area contributed by atoms with Crippen LogP contribution in [0.25, 0.3) is 0 Å². The molecule has 1 aliphatic heterocycles. The van der Waals surface area contributed by atoms with Crippen LogP contribution in [0.2, 0.25) is 0 Å². The summed E-state index contributed by atoms with van der Waals surface area (Å²) < 4.78 is 5.62. The molecule has 1 aromatic rings. The Morgan fingerprint density at radius 3 is 3.06 bits per heavy atom. The highest BCUT2D eigenvalue weighted by Crippen LogP contribution is 2.27. The van der Waals surface area contributed by atoms with Crippen LogP contribution in [0, 0.1) is 0 Å². The van der Waals surface area contributed by atoms with E-state index in [9.17, 15) is 0 Å². The van der Waals surface area contributed by atoms with E-state index in [1.54, 1.807) is 18.1 Å². The van der Waals surface area contributed by atoms with Crippen molar-refractivity contribution in [2.75, 3.05) is 24.7 Å². The number of thioether (sulfide) groups is 1. The van der Waals surface area contributed by atoms with Crippen molar-refractivity contribution < 1.29 is 4.74 Å². The van der Waals surface area contributed by atoms with Gasteiger partial charge in [0.05, 0.1) is 6.10 Å². The van der Waals surface area contributed by atoms with E-state index >= 15 is 0 Å². The molecular weight excluding hydrogens is 234 g/mol. The summed E-state index contributed by atoms with van der Waals surface area (Å²) >= 11 is 1.78. The maximum atomic E-state index is 5.62. The van der Waals surface area contributed by atoms with Gasteiger partial charge in [0.15, 0.2) is 0 Å². The predicted octanol–water partition coefficient (Wildman–Crippen LogP) is 2.35. The fourth-order valence-electron chi connectivity index (χ4n) is 2.00. The third-order valence-electron chi connectivity index (χ3n) is 2.93. The van der Waals surface area contributed by atoms with Gasteiger partial charge in [-0.2, -0.15) is 0 Å². The fourth-order valence-corrected chi connectivity index (χ4v) is 3.15. The van der Waals surface area contributed by atoms with E-state index < -0.39 is 0 Å². The van der Waals surface area contributed by atoms with Crippen LogP contribution in [0.5, 0.6) is 0 Å². The SMILES string of the molecule is CCc1c(NC)ncnc1SCC1CCCO1. The minimum absolute atomic E-state index is 0.401. The molecule has 0 spiro atoms. The van der Waals surface area contributed by atoms with Gasteiger partial charge < -0.3 is 10.1 Å². The van der Waals surface area contributed by atoms with Crippen molar-refractivity contribution in [1.82, 2.24) is 9.97 Å². The molecule has 0 saturated carbocycles. The third kappa shape index (κ3) is 3.10. The van der Waals surface area contributed by atoms with Crippen molar-refractivity contribution in [2.45, 2.75) is 37.3 Å². The number of ether oxygens (including phenoxy) is 1. The number of aromatic nitrogens is 2. The maximum Gasteiger partial charge on any atom is 0.133 e. The van der Waals surface area contributed by atoms with Gasteiger partial charge in [0.25, 0.3) is 0 Å². The molecule has 1 unspecified atom stereocenters. The van der Waals surface area contributed by atoms with Crippen LogP contribution in [0.4, 0.5) is 5.82 Å². The second kappa shape index (κ2) is 6.21. The number of hydrogen-bond donors (Lipinski definition) is 1. The summed E-state index contributed by atoms with van der Waals surface area (Å²) in [4.78, 5) is 8.62. The zero-order chi connectivity index (χ0) is 12.1. The molecule has 1 atom stereocenters. The monoisotopic (exact) mass is 253 g/mol. The number of nitrogens with zero attached hydrogens (tertiary/aromatic N) is 2. The summed E-state index contributed by atoms with van der Waals surface area (Å²) in [6, 6.07) is 0. The Kier molecular flexibility index (Phi) is 4.62. The second-order valence-corrected chi connectivity index (χ2v) is 5.06. The van der Waals surface area contributed by atoms with E-state index in [1.165, 1.54) is 18.4 Å². The van der Waals surface area contributed by atoms with Gasteiger partial charge in [-0.05, 0) is 19.3 Å². The zero-order valence-electron chi connectivity index (χ0n) is 10.4. The number of nitrogens with one attached hydrogen (secondary N) is 1. The van der Waals surface area contributed by atoms with Gasteiger partial charge >= 0.3 is 0 Å². The molecule has 1 fully saturated rings. The minimum atomic E-state index is 0.401. The summed E-state index contributed by atoms with van der Waals surface area (Å²) in [5.74, 6) is 1.94. The largest absolute Gasteiger partial charge is 0.377 e. The minimum Gasteiger partial charge on any atom is -0.377 e. The molecule has 0 aromatic carbocycles. The first kappa shape index (κ1) is 12.6. The first-order chi connectivity index (χ1) is 8.35. The summed E-state index contributed by atoms with van der Waals surface area (Å²) in [5.41, 5.74) is 1.21. The van der Waals surface area contributed by atoms with E-state index in [0.29, 0.717) is 6.10 Å². The smallest absolute Gasteiger partial charge is 0.133 e. The molecule has 1 N–H and O–H groups in total. The van der Waals surface area contributed by atoms with Gasteiger partial charge in [-0.25, -0.2) is 9.97 Å². The molecule has 0 radical (unpaired) electrons. The highest BCUT2D eigenvalue weighted by atomic mass is 32.2. The van der Waals surface area contributed by atoms with Crippen molar-refractivity contribution in [3.8, 4) is 0 Å². The van der Waals surface area contributed by atoms with E-state index in [0.717, 1.165) is 29.6 Å². The lowest BCUT2D eigenvalue weighted by Gasteiger charge is -2.12. The summed E-state index contributed by atoms with van der Waals surface area (Å²) in [6.07, 6.45) is 5.35. The predicted molar refractivity (Wildman–Crippen MR) is 70.7 cm³/mol. The molecule has 0 bridgehead atoms. The summed E-state index contributed by atoms with van der Waals surface area (Å²) in [5, 5.41) is 4.20. The fraction of sp³-hybridized carbons (Fsp3) is 0.667. The average molecular weight is 253 g/mol. The van der Waals surface area contributed by atoms with Crippen LogP contribution >= 0.6 is 11.8 Å². The van der Waals surface area contributed by atoms with Crippen LogP contribution < -0.4 is 5.32 Å². The highest BCUT2D eigenvalue weighted by molar-refractivity contribution is 7.99. The van der Waals surface area contributed by atoms with Gasteiger partial charge in [0.2, 0.25) is 0 Å². The molecule has 4 nitrogen and oxygen atoms in total. The molecule has 1 aliphatic rings. The molecule has 0 amide bonds. The Morgan fingerprint density at radius 1 is 1.53 bits per heavy atom. The topological polar surface area (TPSA) is 47.0 Å². The van der Waals surface area contributed by atoms with Crippen molar-refractivity contribution in [3.05, 3.63) is 11.9 Å². The Labute approximate surface area is 107 Å². The quantitative estimate of drug-likeness (QED) is 0.645. The summed E-state index contributed by atoms with van der Waals surface area (Å²) in [6.45, 7) is 3.05. The Bertz CT molecular complexity index is 367. The first-order valence-corrected chi connectivity index (χ1v) is 7.09. The Hall–Kier alpha value is -0.810. The van der Waals surface area contributed by atoms with Crippen molar-refractivity contribution in [3.63, 3.8) is 0 Å². The molecule has 1 aromatic heterocycles. The zero-order valence-corrected chi connectivity index (χ0v) is 11.2. The van der Waals surface area contributed by atoms with E-state index in [1.807, 2.05) is 7.05 Å². The lowest BCUT2D eigenvalue weighted by atomic mass is 10.2. The molecule has 2 heterocycles. The number of anilines is 1. The van der Waals surface area contributed by atoms with Crippen molar-refractivity contribution >= 4 is 17.6 Å². The number of hydrogen-bond acceptors (Lipinski definition) is 5. The van der Waals surface area contributed by atoms with Crippen LogP contribution in [0.3, 0.4) is 0 Å². The molecular formula is C12H19N3OS. The van der Waals surface area contributed by atoms with Gasteiger partial charge in [0.1, 0.15) is 17.2 Å². The maximum absolute atomic E-state index is 5.62. The molecule has 2 rings (SSSR count). The Morgan fingerprint density at radius 2 is 2.41 bits per heavy atom. The van der Waals surface area contributed by atoms with Crippen molar-refractivity contribution in [2.24, 2.45) is 0 Å². The third-order valence-corrected chi connectivity index (χ3v) is 4.09. The lowest BCUT2D eigenvalue weighted by molar-refractivity contribution is 0.129. The van der Waals surface area contributed by atoms with Crippen LogP contribution in [-0.2, 0) is 11.2 Å². The molecule has 94 valence electrons. The molecule has 17 heavy (non-hydrogen) atoms. The highest BCUT2D eigenvalue weighted by Gasteiger charge is 2.17. The van der Waals surface area contributed by atoms with E-state index in [4.69, 9.17) is 4.74 Å². The van der Waals surface area contributed by atoms with Gasteiger partial charge in [0, 0.05) is 25.0 Å². The van der Waals surface area contributed by atoms with Crippen LogP contribution in [0.1, 0.15) is 25.3 Å². The van der Waals surface area contributed by atoms with Gasteiger partial charge in [-0.15, -0.1) is 11.8 Å². The average Bonchev–Trinajstić information content (AvgIpc) is 2.88. The Balaban J connectivity index is 2.03. The van der Waals surface area contributed by atoms with Gasteiger partial charge in [-0.1, -0.05) is 6.92 Å². The van der Waals surface area contributed by atoms with E-state index in [2.05, 4.69) is 22.2 Å². The molecule has 1 saturated heterocycles. The molecule has 5 heteroatoms. The first-order valence-electron chi connectivity index (χ1n) is 6.11. The lowest BCUT2D eigenvalue weighted by Crippen LogP contribution is -2.09. The van der Waals surface area contributed by atoms with Crippen LogP contribution in [0.15, 0.2) is 11.4 Å². The van der Waals surface area contributed by atoms with Gasteiger partial charge in [-0.3, -0.25) is 0 Å². The van der Waals surface area contributed by atoms with Crippen molar-refractivity contribution in [1.29, 1.82) is 0 Å². The van der Waals surface area contributed by atoms with Crippen LogP contribution in [-0.4, -0.2) is 35.5 Å². The molecule has 0 aliphatic carbocycles. The normalized spacial score (nSPS) is 19.5.